The highest BCUT2D eigenvalue weighted by Crippen LogP contribution is 2.34. The summed E-state index contributed by atoms with van der Waals surface area (Å²) in [6.45, 7) is 7.90. The van der Waals surface area contributed by atoms with Gasteiger partial charge in [0.15, 0.2) is 0 Å². The number of benzene rings is 1. The van der Waals surface area contributed by atoms with E-state index in [0.717, 1.165) is 27.7 Å². The average molecular weight is 365 g/mol. The summed E-state index contributed by atoms with van der Waals surface area (Å²) in [4.78, 5) is 0. The lowest BCUT2D eigenvalue weighted by Gasteiger charge is -2.14. The molecule has 96 valence electrons. The molecule has 0 amide bonds. The molecule has 1 unspecified atom stereocenters. The van der Waals surface area contributed by atoms with Crippen molar-refractivity contribution in [2.24, 2.45) is 0 Å². The van der Waals surface area contributed by atoms with Crippen LogP contribution in [0.3, 0.4) is 0 Å². The van der Waals surface area contributed by atoms with Gasteiger partial charge in [-0.3, -0.25) is 0 Å². The van der Waals surface area contributed by atoms with Crippen molar-refractivity contribution in [2.45, 2.75) is 39.8 Å². The molecule has 0 bridgehead atoms. The van der Waals surface area contributed by atoms with Gasteiger partial charge in [0.1, 0.15) is 5.75 Å². The van der Waals surface area contributed by atoms with Crippen LogP contribution in [-0.2, 0) is 6.54 Å². The maximum absolute atomic E-state index is 5.56. The minimum absolute atomic E-state index is 0.541. The maximum atomic E-state index is 5.56. The molecule has 0 radical (unpaired) electrons. The molecule has 0 aliphatic rings. The number of halogens is 2. The Bertz CT molecular complexity index is 345. The molecule has 0 aliphatic heterocycles. The monoisotopic (exact) mass is 363 g/mol. The second-order valence-corrected chi connectivity index (χ2v) is 5.72. The van der Waals surface area contributed by atoms with Crippen LogP contribution < -0.4 is 10.1 Å². The molecular formula is C13H19Br2NO. The molecule has 1 N–H and O–H groups in total. The van der Waals surface area contributed by atoms with Crippen LogP contribution in [-0.4, -0.2) is 12.6 Å². The van der Waals surface area contributed by atoms with E-state index in [1.54, 1.807) is 0 Å². The fourth-order valence-electron chi connectivity index (χ4n) is 1.43. The zero-order chi connectivity index (χ0) is 12.8. The van der Waals surface area contributed by atoms with Gasteiger partial charge in [-0.25, -0.2) is 0 Å². The Morgan fingerprint density at radius 2 is 1.82 bits per heavy atom. The summed E-state index contributed by atoms with van der Waals surface area (Å²) in [6.07, 6.45) is 1.14. The molecule has 1 atom stereocenters. The molecule has 0 saturated heterocycles. The zero-order valence-corrected chi connectivity index (χ0v) is 13.7. The van der Waals surface area contributed by atoms with E-state index in [1.165, 1.54) is 5.56 Å². The topological polar surface area (TPSA) is 21.3 Å². The van der Waals surface area contributed by atoms with Crippen LogP contribution >= 0.6 is 31.9 Å². The summed E-state index contributed by atoms with van der Waals surface area (Å²) in [7, 11) is 0. The van der Waals surface area contributed by atoms with E-state index < -0.39 is 0 Å². The molecule has 0 heterocycles. The molecule has 1 rings (SSSR count). The van der Waals surface area contributed by atoms with E-state index in [9.17, 15) is 0 Å². The van der Waals surface area contributed by atoms with Crippen LogP contribution in [0.4, 0.5) is 0 Å². The zero-order valence-electron chi connectivity index (χ0n) is 10.5. The van der Waals surface area contributed by atoms with Crippen molar-refractivity contribution in [2.75, 3.05) is 6.61 Å². The van der Waals surface area contributed by atoms with Crippen LogP contribution in [0, 0.1) is 0 Å². The smallest absolute Gasteiger partial charge is 0.147 e. The molecule has 0 aromatic heterocycles. The highest BCUT2D eigenvalue weighted by molar-refractivity contribution is 9.11. The quantitative estimate of drug-likeness (QED) is 0.802. The SMILES string of the molecule is CCOc1c(Br)cc(CNC(C)CC)cc1Br. The van der Waals surface area contributed by atoms with Crippen LogP contribution in [0.25, 0.3) is 0 Å². The van der Waals surface area contributed by atoms with E-state index in [1.807, 2.05) is 6.92 Å². The average Bonchev–Trinajstić information content (AvgIpc) is 2.30. The summed E-state index contributed by atoms with van der Waals surface area (Å²) in [5.74, 6) is 0.875. The fourth-order valence-corrected chi connectivity index (χ4v) is 2.94. The molecule has 1 aromatic rings. The van der Waals surface area contributed by atoms with Crippen molar-refractivity contribution >= 4 is 31.9 Å². The molecule has 4 heteroatoms. The van der Waals surface area contributed by atoms with E-state index in [4.69, 9.17) is 4.74 Å². The second-order valence-electron chi connectivity index (χ2n) is 4.01. The summed E-state index contributed by atoms with van der Waals surface area (Å²) in [5.41, 5.74) is 1.24. The van der Waals surface area contributed by atoms with E-state index in [2.05, 4.69) is 63.2 Å². The van der Waals surface area contributed by atoms with Gasteiger partial charge in [-0.05, 0) is 69.8 Å². The van der Waals surface area contributed by atoms with Crippen LogP contribution in [0.1, 0.15) is 32.8 Å². The predicted molar refractivity (Wildman–Crippen MR) is 79.6 cm³/mol. The summed E-state index contributed by atoms with van der Waals surface area (Å²) in [5, 5.41) is 3.47. The van der Waals surface area contributed by atoms with Gasteiger partial charge in [-0.2, -0.15) is 0 Å². The van der Waals surface area contributed by atoms with Crippen LogP contribution in [0.15, 0.2) is 21.1 Å². The highest BCUT2D eigenvalue weighted by Gasteiger charge is 2.08. The number of hydrogen-bond donors (Lipinski definition) is 1. The van der Waals surface area contributed by atoms with Crippen molar-refractivity contribution in [3.8, 4) is 5.75 Å². The predicted octanol–water partition coefficient (Wildman–Crippen LogP) is 4.50. The molecule has 0 aliphatic carbocycles. The Labute approximate surface area is 120 Å². The Hall–Kier alpha value is -0.0600. The lowest BCUT2D eigenvalue weighted by molar-refractivity contribution is 0.336. The minimum atomic E-state index is 0.541. The Morgan fingerprint density at radius 3 is 2.29 bits per heavy atom. The molecule has 0 spiro atoms. The molecule has 1 aromatic carbocycles. The summed E-state index contributed by atoms with van der Waals surface area (Å²) < 4.78 is 7.55. The van der Waals surface area contributed by atoms with Gasteiger partial charge in [-0.1, -0.05) is 6.92 Å². The van der Waals surface area contributed by atoms with E-state index in [-0.39, 0.29) is 0 Å². The lowest BCUT2D eigenvalue weighted by atomic mass is 10.2. The highest BCUT2D eigenvalue weighted by atomic mass is 79.9. The van der Waals surface area contributed by atoms with Gasteiger partial charge >= 0.3 is 0 Å². The standard InChI is InChI=1S/C13H19Br2NO/c1-4-9(3)16-8-10-6-11(14)13(17-5-2)12(15)7-10/h6-7,9,16H,4-5,8H2,1-3H3. The number of rotatable bonds is 6. The summed E-state index contributed by atoms with van der Waals surface area (Å²) in [6, 6.07) is 4.75. The maximum Gasteiger partial charge on any atom is 0.147 e. The van der Waals surface area contributed by atoms with Gasteiger partial charge in [0, 0.05) is 12.6 Å². The first-order chi connectivity index (χ1) is 8.08. The van der Waals surface area contributed by atoms with E-state index in [0.29, 0.717) is 12.6 Å². The first-order valence-corrected chi connectivity index (χ1v) is 7.51. The Morgan fingerprint density at radius 1 is 1.24 bits per heavy atom. The first-order valence-electron chi connectivity index (χ1n) is 5.92. The van der Waals surface area contributed by atoms with Gasteiger partial charge in [-0.15, -0.1) is 0 Å². The van der Waals surface area contributed by atoms with Gasteiger partial charge in [0.25, 0.3) is 0 Å². The van der Waals surface area contributed by atoms with Crippen molar-refractivity contribution in [3.63, 3.8) is 0 Å². The molecule has 17 heavy (non-hydrogen) atoms. The number of hydrogen-bond acceptors (Lipinski definition) is 2. The van der Waals surface area contributed by atoms with Gasteiger partial charge < -0.3 is 10.1 Å². The third-order valence-electron chi connectivity index (χ3n) is 2.61. The van der Waals surface area contributed by atoms with Crippen molar-refractivity contribution < 1.29 is 4.74 Å². The molecule has 0 saturated carbocycles. The third-order valence-corrected chi connectivity index (χ3v) is 3.79. The molecule has 0 fully saturated rings. The van der Waals surface area contributed by atoms with E-state index >= 15 is 0 Å². The molecule has 2 nitrogen and oxygen atoms in total. The Balaban J connectivity index is 2.76. The second kappa shape index (κ2) is 7.39. The number of ether oxygens (including phenoxy) is 1. The van der Waals surface area contributed by atoms with Crippen LogP contribution in [0.5, 0.6) is 5.75 Å². The normalized spacial score (nSPS) is 12.5. The number of nitrogens with one attached hydrogen (secondary N) is 1. The molecular weight excluding hydrogens is 346 g/mol. The van der Waals surface area contributed by atoms with Gasteiger partial charge in [0.2, 0.25) is 0 Å². The van der Waals surface area contributed by atoms with Crippen molar-refractivity contribution in [1.29, 1.82) is 0 Å². The third kappa shape index (κ3) is 4.60. The first kappa shape index (κ1) is 15.0. The fraction of sp³-hybridized carbons (Fsp3) is 0.538. The van der Waals surface area contributed by atoms with Crippen LogP contribution in [0.2, 0.25) is 0 Å². The van der Waals surface area contributed by atoms with Gasteiger partial charge in [0.05, 0.1) is 15.6 Å². The lowest BCUT2D eigenvalue weighted by Crippen LogP contribution is -2.24. The van der Waals surface area contributed by atoms with Crippen molar-refractivity contribution in [3.05, 3.63) is 26.6 Å². The Kier molecular flexibility index (Phi) is 6.52. The largest absolute Gasteiger partial charge is 0.492 e. The summed E-state index contributed by atoms with van der Waals surface area (Å²) >= 11 is 7.08. The van der Waals surface area contributed by atoms with Crippen molar-refractivity contribution in [1.82, 2.24) is 5.32 Å². The minimum Gasteiger partial charge on any atom is -0.492 e.